The number of likely N-dealkylation sites (tertiary alicyclic amines) is 1. The number of thiophene rings is 1. The molecule has 3 rings (SSSR count). The molecular weight excluding hydrogens is 272 g/mol. The molecule has 1 saturated heterocycles. The number of H-pyrrole nitrogens is 1. The second kappa shape index (κ2) is 5.97. The minimum absolute atomic E-state index is 0.233. The summed E-state index contributed by atoms with van der Waals surface area (Å²) in [6.07, 6.45) is 3.84. The molecule has 0 unspecified atom stereocenters. The van der Waals surface area contributed by atoms with Gasteiger partial charge in [-0.1, -0.05) is 6.42 Å². The van der Waals surface area contributed by atoms with E-state index in [9.17, 15) is 4.79 Å². The molecule has 1 aliphatic heterocycles. The number of nitrogens with one attached hydrogen (secondary N) is 1. The Morgan fingerprint density at radius 2 is 2.20 bits per heavy atom. The molecule has 0 atom stereocenters. The normalized spacial score (nSPS) is 16.6. The first kappa shape index (κ1) is 13.6. The number of carbonyl (C=O) groups excluding carboxylic acids is 1. The maximum absolute atomic E-state index is 12.1. The number of rotatable bonds is 4. The molecule has 0 radical (unpaired) electrons. The molecule has 0 aliphatic carbocycles. The number of aromatic nitrogens is 1. The van der Waals surface area contributed by atoms with E-state index in [1.54, 1.807) is 11.3 Å². The molecule has 0 aromatic carbocycles. The number of aromatic amines is 1. The second-order valence-corrected chi connectivity index (χ2v) is 6.12. The molecule has 3 heterocycles. The van der Waals surface area contributed by atoms with Crippen LogP contribution >= 0.6 is 11.3 Å². The lowest BCUT2D eigenvalue weighted by atomic mass is 10.1. The van der Waals surface area contributed by atoms with E-state index in [-0.39, 0.29) is 5.97 Å². The molecule has 1 fully saturated rings. The molecule has 0 amide bonds. The molecule has 0 bridgehead atoms. The van der Waals surface area contributed by atoms with Gasteiger partial charge in [-0.25, -0.2) is 4.79 Å². The first-order valence-electron chi connectivity index (χ1n) is 7.27. The molecule has 5 heteroatoms. The van der Waals surface area contributed by atoms with Crippen molar-refractivity contribution >= 4 is 27.5 Å². The van der Waals surface area contributed by atoms with Crippen molar-refractivity contribution in [1.29, 1.82) is 0 Å². The summed E-state index contributed by atoms with van der Waals surface area (Å²) in [6, 6.07) is 2.03. The largest absolute Gasteiger partial charge is 0.461 e. The molecule has 20 heavy (non-hydrogen) atoms. The number of ether oxygens (including phenoxy) is 1. The summed E-state index contributed by atoms with van der Waals surface area (Å²) < 4.78 is 6.37. The third-order valence-electron chi connectivity index (χ3n) is 3.81. The smallest absolute Gasteiger partial charge is 0.355 e. The van der Waals surface area contributed by atoms with Gasteiger partial charge in [0.25, 0.3) is 0 Å². The van der Waals surface area contributed by atoms with Crippen molar-refractivity contribution in [3.63, 3.8) is 0 Å². The molecule has 108 valence electrons. The zero-order chi connectivity index (χ0) is 13.9. The van der Waals surface area contributed by atoms with E-state index in [4.69, 9.17) is 4.74 Å². The standard InChI is InChI=1S/C15H20N2O2S/c1-2-19-15(18)13-11(10-17-7-4-3-5-8-17)14-12(16-13)6-9-20-14/h6,9,16H,2-5,7-8,10H2,1H3. The van der Waals surface area contributed by atoms with Crippen LogP contribution in [0.1, 0.15) is 42.2 Å². The Balaban J connectivity index is 1.91. The third kappa shape index (κ3) is 2.60. The van der Waals surface area contributed by atoms with E-state index in [2.05, 4.69) is 15.3 Å². The van der Waals surface area contributed by atoms with Crippen LogP contribution in [0.5, 0.6) is 0 Å². The fourth-order valence-corrected chi connectivity index (χ4v) is 3.73. The van der Waals surface area contributed by atoms with Crippen molar-refractivity contribution in [2.75, 3.05) is 19.7 Å². The molecule has 0 spiro atoms. The zero-order valence-electron chi connectivity index (χ0n) is 11.8. The maximum atomic E-state index is 12.1. The van der Waals surface area contributed by atoms with Crippen molar-refractivity contribution in [1.82, 2.24) is 9.88 Å². The molecule has 1 aliphatic rings. The quantitative estimate of drug-likeness (QED) is 0.879. The van der Waals surface area contributed by atoms with Crippen LogP contribution in [0.15, 0.2) is 11.4 Å². The summed E-state index contributed by atoms with van der Waals surface area (Å²) in [5, 5.41) is 2.07. The monoisotopic (exact) mass is 292 g/mol. The van der Waals surface area contributed by atoms with Crippen molar-refractivity contribution < 1.29 is 9.53 Å². The van der Waals surface area contributed by atoms with Crippen molar-refractivity contribution in [2.24, 2.45) is 0 Å². The van der Waals surface area contributed by atoms with Gasteiger partial charge in [0.15, 0.2) is 0 Å². The van der Waals surface area contributed by atoms with Gasteiger partial charge in [0.2, 0.25) is 0 Å². The van der Waals surface area contributed by atoms with Crippen LogP contribution in [0.4, 0.5) is 0 Å². The van der Waals surface area contributed by atoms with Crippen LogP contribution in [-0.2, 0) is 11.3 Å². The van der Waals surface area contributed by atoms with Crippen LogP contribution in [0, 0.1) is 0 Å². The summed E-state index contributed by atoms with van der Waals surface area (Å²) in [5.74, 6) is -0.233. The van der Waals surface area contributed by atoms with Crippen molar-refractivity contribution in [3.05, 3.63) is 22.7 Å². The Labute approximate surface area is 122 Å². The first-order chi connectivity index (χ1) is 9.79. The lowest BCUT2D eigenvalue weighted by Gasteiger charge is -2.26. The van der Waals surface area contributed by atoms with Gasteiger partial charge in [0.05, 0.1) is 16.8 Å². The van der Waals surface area contributed by atoms with Crippen LogP contribution in [0.25, 0.3) is 10.2 Å². The third-order valence-corrected chi connectivity index (χ3v) is 4.78. The van der Waals surface area contributed by atoms with Crippen molar-refractivity contribution in [3.8, 4) is 0 Å². The van der Waals surface area contributed by atoms with E-state index in [1.165, 1.54) is 24.0 Å². The highest BCUT2D eigenvalue weighted by molar-refractivity contribution is 7.17. The number of nitrogens with zero attached hydrogens (tertiary/aromatic N) is 1. The van der Waals surface area contributed by atoms with Crippen LogP contribution in [0.2, 0.25) is 0 Å². The number of hydrogen-bond acceptors (Lipinski definition) is 4. The van der Waals surface area contributed by atoms with Crippen LogP contribution in [0.3, 0.4) is 0 Å². The molecule has 4 nitrogen and oxygen atoms in total. The Morgan fingerprint density at radius 1 is 1.40 bits per heavy atom. The maximum Gasteiger partial charge on any atom is 0.355 e. The average molecular weight is 292 g/mol. The predicted octanol–water partition coefficient (Wildman–Crippen LogP) is 3.39. The Bertz CT molecular complexity index is 596. The number of hydrogen-bond donors (Lipinski definition) is 1. The zero-order valence-corrected chi connectivity index (χ0v) is 12.6. The van der Waals surface area contributed by atoms with Gasteiger partial charge < -0.3 is 9.72 Å². The number of fused-ring (bicyclic) bond motifs is 1. The van der Waals surface area contributed by atoms with Gasteiger partial charge in [-0.15, -0.1) is 11.3 Å². The van der Waals surface area contributed by atoms with Gasteiger partial charge >= 0.3 is 5.97 Å². The highest BCUT2D eigenvalue weighted by Gasteiger charge is 2.22. The molecule has 2 aromatic rings. The lowest BCUT2D eigenvalue weighted by Crippen LogP contribution is -2.29. The molecule has 2 aromatic heterocycles. The van der Waals surface area contributed by atoms with Crippen LogP contribution < -0.4 is 0 Å². The van der Waals surface area contributed by atoms with Crippen LogP contribution in [-0.4, -0.2) is 35.5 Å². The molecular formula is C15H20N2O2S. The highest BCUT2D eigenvalue weighted by atomic mass is 32.1. The fraction of sp³-hybridized carbons (Fsp3) is 0.533. The topological polar surface area (TPSA) is 45.3 Å². The minimum Gasteiger partial charge on any atom is -0.461 e. The number of piperidine rings is 1. The van der Waals surface area contributed by atoms with Gasteiger partial charge in [-0.3, -0.25) is 4.90 Å². The van der Waals surface area contributed by atoms with Gasteiger partial charge in [-0.2, -0.15) is 0 Å². The van der Waals surface area contributed by atoms with E-state index >= 15 is 0 Å². The lowest BCUT2D eigenvalue weighted by molar-refractivity contribution is 0.0518. The Kier molecular flexibility index (Phi) is 4.08. The highest BCUT2D eigenvalue weighted by Crippen LogP contribution is 2.30. The van der Waals surface area contributed by atoms with Gasteiger partial charge in [0, 0.05) is 12.1 Å². The van der Waals surface area contributed by atoms with E-state index in [0.29, 0.717) is 12.3 Å². The summed E-state index contributed by atoms with van der Waals surface area (Å²) in [5.41, 5.74) is 2.79. The SMILES string of the molecule is CCOC(=O)c1[nH]c2ccsc2c1CN1CCCCC1. The number of carbonyl (C=O) groups is 1. The molecule has 0 saturated carbocycles. The average Bonchev–Trinajstić information content (AvgIpc) is 3.03. The van der Waals surface area contributed by atoms with E-state index in [0.717, 1.165) is 30.7 Å². The van der Waals surface area contributed by atoms with Gasteiger partial charge in [0.1, 0.15) is 5.69 Å². The van der Waals surface area contributed by atoms with E-state index < -0.39 is 0 Å². The summed E-state index contributed by atoms with van der Waals surface area (Å²) in [4.78, 5) is 17.8. The fourth-order valence-electron chi connectivity index (χ4n) is 2.83. The Hall–Kier alpha value is -1.33. The summed E-state index contributed by atoms with van der Waals surface area (Å²) in [7, 11) is 0. The predicted molar refractivity (Wildman–Crippen MR) is 81.3 cm³/mol. The minimum atomic E-state index is -0.233. The Morgan fingerprint density at radius 3 is 2.95 bits per heavy atom. The van der Waals surface area contributed by atoms with Crippen molar-refractivity contribution in [2.45, 2.75) is 32.7 Å². The first-order valence-corrected chi connectivity index (χ1v) is 8.15. The molecule has 1 N–H and O–H groups in total. The second-order valence-electron chi connectivity index (χ2n) is 5.20. The summed E-state index contributed by atoms with van der Waals surface area (Å²) in [6.45, 7) is 5.34. The number of esters is 1. The summed E-state index contributed by atoms with van der Waals surface area (Å²) >= 11 is 1.69. The van der Waals surface area contributed by atoms with Gasteiger partial charge in [-0.05, 0) is 44.3 Å². The van der Waals surface area contributed by atoms with E-state index in [1.807, 2.05) is 13.0 Å².